The third-order valence-electron chi connectivity index (χ3n) is 6.09. The Hall–Kier alpha value is -2.96. The predicted molar refractivity (Wildman–Crippen MR) is 147 cm³/mol. The van der Waals surface area contributed by atoms with Crippen LogP contribution in [0.2, 0.25) is 0 Å². The molecule has 0 bridgehead atoms. The summed E-state index contributed by atoms with van der Waals surface area (Å²) in [4.78, 5) is 10.3. The molecule has 178 valence electrons. The van der Waals surface area contributed by atoms with Crippen LogP contribution in [-0.2, 0) is 20.3 Å². The molecule has 2 aromatic heterocycles. The van der Waals surface area contributed by atoms with Gasteiger partial charge in [0.2, 0.25) is 0 Å². The van der Waals surface area contributed by atoms with Gasteiger partial charge in [-0.25, -0.2) is 0 Å². The molecule has 0 atom stereocenters. The van der Waals surface area contributed by atoms with Crippen LogP contribution < -0.4 is 15.9 Å². The summed E-state index contributed by atoms with van der Waals surface area (Å²) in [7, 11) is -3.92. The summed E-state index contributed by atoms with van der Waals surface area (Å²) in [6.45, 7) is -2.17. The maximum atomic E-state index is 13.2. The molecule has 0 saturated carbocycles. The summed E-state index contributed by atoms with van der Waals surface area (Å²) >= 11 is 1.53. The van der Waals surface area contributed by atoms with Crippen molar-refractivity contribution in [2.45, 2.75) is 13.1 Å². The van der Waals surface area contributed by atoms with E-state index in [0.29, 0.717) is 0 Å². The topological polar surface area (TPSA) is 69.2 Å². The molecule has 0 aliphatic rings. The van der Waals surface area contributed by atoms with Crippen molar-refractivity contribution in [1.82, 2.24) is 9.97 Å². The van der Waals surface area contributed by atoms with E-state index >= 15 is 0 Å². The van der Waals surface area contributed by atoms with Crippen molar-refractivity contribution in [3.63, 3.8) is 0 Å². The summed E-state index contributed by atoms with van der Waals surface area (Å²) in [6.07, 6.45) is 1.41. The third kappa shape index (κ3) is 4.19. The molecule has 0 amide bonds. The molecule has 5 aromatic rings. The van der Waals surface area contributed by atoms with E-state index in [0.717, 1.165) is 43.2 Å². The first-order valence-corrected chi connectivity index (χ1v) is 16.1. The van der Waals surface area contributed by atoms with E-state index in [2.05, 4.69) is 4.98 Å². The van der Waals surface area contributed by atoms with Crippen molar-refractivity contribution in [2.24, 2.45) is 0 Å². The van der Waals surface area contributed by atoms with Crippen molar-refractivity contribution in [2.75, 3.05) is 6.26 Å². The van der Waals surface area contributed by atoms with Gasteiger partial charge in [-0.1, -0.05) is 0 Å². The molecule has 0 unspecified atom stereocenters. The Bertz CT molecular complexity index is 1490. The number of fused-ring (bicyclic) bond motifs is 1. The zero-order valence-corrected chi connectivity index (χ0v) is 21.9. The Kier molecular flexibility index (Phi) is 6.06. The molecule has 0 spiro atoms. The zero-order chi connectivity index (χ0) is 24.5. The number of pyridine rings is 1. The Labute approximate surface area is 209 Å². The van der Waals surface area contributed by atoms with Gasteiger partial charge in [0.05, 0.1) is 0 Å². The number of aromatic nitrogens is 2. The predicted octanol–water partition coefficient (Wildman–Crippen LogP) is 4.92. The molecule has 0 radical (unpaired) electrons. The van der Waals surface area contributed by atoms with E-state index < -0.39 is 16.9 Å². The number of benzene rings is 3. The van der Waals surface area contributed by atoms with Crippen molar-refractivity contribution >= 4 is 54.5 Å². The number of aryl methyl sites for hydroxylation is 1. The Morgan fingerprint density at radius 2 is 1.23 bits per heavy atom. The normalized spacial score (nSPS) is 13.4. The molecule has 5 nitrogen and oxygen atoms in total. The summed E-state index contributed by atoms with van der Waals surface area (Å²) in [5, 5.41) is 3.40. The molecule has 3 aromatic carbocycles. The quantitative estimate of drug-likeness (QED) is 0.285. The van der Waals surface area contributed by atoms with Crippen LogP contribution in [0.4, 0.5) is 0 Å². The van der Waals surface area contributed by atoms with Gasteiger partial charge in [0, 0.05) is 0 Å². The van der Waals surface area contributed by atoms with Crippen LogP contribution in [0.3, 0.4) is 0 Å². The summed E-state index contributed by atoms with van der Waals surface area (Å²) in [5.41, 5.74) is 1.58. The minimum atomic E-state index is -4.13. The van der Waals surface area contributed by atoms with Gasteiger partial charge in [-0.2, -0.15) is 0 Å². The van der Waals surface area contributed by atoms with Gasteiger partial charge in [0.25, 0.3) is 0 Å². The monoisotopic (exact) mass is 520 g/mol. The van der Waals surface area contributed by atoms with Crippen LogP contribution in [0.25, 0.3) is 10.3 Å². The second kappa shape index (κ2) is 8.92. The standard InChI is InChI=1S/C27H25N2O3PS2/c1-21-28-26-19-18-22(29-27(26)34-21)20-33(32-35(2,30)31,23-12-6-3-7-13-23,24-14-8-4-9-15-24)25-16-10-5-11-17-25/h3-19H,20H2,1-2H3. The molecular formula is C27H25N2O3PS2. The van der Waals surface area contributed by atoms with E-state index in [1.807, 2.05) is 110 Å². The average molecular weight is 521 g/mol. The van der Waals surface area contributed by atoms with Crippen LogP contribution in [0.1, 0.15) is 10.7 Å². The zero-order valence-electron chi connectivity index (χ0n) is 19.4. The molecule has 35 heavy (non-hydrogen) atoms. The van der Waals surface area contributed by atoms with Crippen molar-refractivity contribution in [1.29, 1.82) is 0 Å². The number of nitrogens with zero attached hydrogens (tertiary/aromatic N) is 2. The van der Waals surface area contributed by atoms with Crippen LogP contribution in [0, 0.1) is 6.92 Å². The van der Waals surface area contributed by atoms with E-state index in [4.69, 9.17) is 8.95 Å². The first-order valence-electron chi connectivity index (χ1n) is 11.1. The van der Waals surface area contributed by atoms with E-state index in [1.54, 1.807) is 0 Å². The fourth-order valence-corrected chi connectivity index (χ4v) is 13.9. The van der Waals surface area contributed by atoms with E-state index in [1.165, 1.54) is 11.3 Å². The minimum absolute atomic E-state index is 0.281. The van der Waals surface area contributed by atoms with Crippen LogP contribution in [0.15, 0.2) is 103 Å². The molecule has 0 aliphatic heterocycles. The van der Waals surface area contributed by atoms with Gasteiger partial charge in [0.1, 0.15) is 0 Å². The van der Waals surface area contributed by atoms with E-state index in [9.17, 15) is 8.42 Å². The molecule has 0 saturated heterocycles. The molecule has 0 fully saturated rings. The molecule has 8 heteroatoms. The molecule has 2 heterocycles. The summed E-state index contributed by atoms with van der Waals surface area (Å²) in [6, 6.07) is 33.1. The van der Waals surface area contributed by atoms with Crippen LogP contribution in [-0.4, -0.2) is 24.6 Å². The third-order valence-corrected chi connectivity index (χ3v) is 14.5. The van der Waals surface area contributed by atoms with Gasteiger partial charge in [-0.05, 0) is 0 Å². The maximum absolute atomic E-state index is 13.2. The second-order valence-electron chi connectivity index (χ2n) is 8.52. The van der Waals surface area contributed by atoms with Crippen LogP contribution >= 0.6 is 18.2 Å². The Morgan fingerprint density at radius 1 is 0.743 bits per heavy atom. The van der Waals surface area contributed by atoms with Crippen molar-refractivity contribution in [3.05, 3.63) is 114 Å². The molecule has 0 N–H and O–H groups in total. The number of hydrogen-bond donors (Lipinski definition) is 0. The van der Waals surface area contributed by atoms with Gasteiger partial charge in [-0.3, -0.25) is 0 Å². The first kappa shape index (κ1) is 23.8. The van der Waals surface area contributed by atoms with Gasteiger partial charge < -0.3 is 0 Å². The fraction of sp³-hybridized carbons (Fsp3) is 0.111. The Balaban J connectivity index is 1.94. The average Bonchev–Trinajstić information content (AvgIpc) is 3.24. The number of rotatable bonds is 7. The van der Waals surface area contributed by atoms with Gasteiger partial charge >= 0.3 is 210 Å². The molecular weight excluding hydrogens is 495 g/mol. The summed E-state index contributed by atoms with van der Waals surface area (Å²) in [5.74, 6) is 0. The summed E-state index contributed by atoms with van der Waals surface area (Å²) < 4.78 is 32.9. The fourth-order valence-electron chi connectivity index (χ4n) is 4.77. The SMILES string of the molecule is Cc1nc2ccc(CP(OS(C)(=O)=O)(c3ccccc3)(c3ccccc3)c3ccccc3)nc2s1. The number of hydrogen-bond acceptors (Lipinski definition) is 6. The van der Waals surface area contributed by atoms with Crippen molar-refractivity contribution < 1.29 is 12.4 Å². The van der Waals surface area contributed by atoms with Gasteiger partial charge in [0.15, 0.2) is 0 Å². The second-order valence-corrected chi connectivity index (χ2v) is 16.0. The number of thiazole rings is 1. The molecule has 0 aliphatic carbocycles. The van der Waals surface area contributed by atoms with Crippen LogP contribution in [0.5, 0.6) is 0 Å². The van der Waals surface area contributed by atoms with E-state index in [-0.39, 0.29) is 6.16 Å². The Morgan fingerprint density at radius 3 is 1.69 bits per heavy atom. The van der Waals surface area contributed by atoms with Gasteiger partial charge in [-0.15, -0.1) is 0 Å². The first-order chi connectivity index (χ1) is 16.8. The molecule has 5 rings (SSSR count). The van der Waals surface area contributed by atoms with Crippen molar-refractivity contribution in [3.8, 4) is 0 Å².